The molecule has 37 heavy (non-hydrogen) atoms. The van der Waals surface area contributed by atoms with Gasteiger partial charge in [0.15, 0.2) is 4.90 Å². The van der Waals surface area contributed by atoms with Crippen LogP contribution >= 0.6 is 0 Å². The number of carbonyl (C=O) groups excluding carboxylic acids is 1. The summed E-state index contributed by atoms with van der Waals surface area (Å²) in [5.41, 5.74) is 16.1. The fourth-order valence-corrected chi connectivity index (χ4v) is 4.24. The molecule has 2 aromatic rings. The molecule has 1 amide bonds. The molecular formula is C20H25F3N6O7S. The molecule has 0 aliphatic heterocycles. The molecule has 0 aliphatic rings. The summed E-state index contributed by atoms with van der Waals surface area (Å²) in [6.07, 6.45) is -5.08. The van der Waals surface area contributed by atoms with Gasteiger partial charge in [0.1, 0.15) is 13.2 Å². The number of aromatic nitrogens is 1. The molecule has 17 heteroatoms. The number of benzene rings is 1. The third kappa shape index (κ3) is 9.02. The van der Waals surface area contributed by atoms with Gasteiger partial charge in [0.25, 0.3) is 5.56 Å². The van der Waals surface area contributed by atoms with Crippen LogP contribution in [0.25, 0.3) is 0 Å². The fraction of sp³-hybridized carbons (Fsp3) is 0.300. The molecule has 8 N–H and O–H groups in total. The van der Waals surface area contributed by atoms with E-state index < -0.39 is 44.9 Å². The number of nitrogens with two attached hydrogens (primary N) is 3. The molecule has 13 nitrogen and oxygen atoms in total. The number of anilines is 1. The van der Waals surface area contributed by atoms with Gasteiger partial charge in [0, 0.05) is 5.69 Å². The monoisotopic (exact) mass is 550 g/mol. The lowest BCUT2D eigenvalue weighted by atomic mass is 10.2. The summed E-state index contributed by atoms with van der Waals surface area (Å²) in [5.74, 6) is -3.54. The Hall–Kier alpha value is -4.28. The van der Waals surface area contributed by atoms with E-state index in [9.17, 15) is 31.2 Å². The first-order chi connectivity index (χ1) is 17.0. The highest BCUT2D eigenvalue weighted by Gasteiger charge is 2.38. The molecule has 0 bridgehead atoms. The lowest BCUT2D eigenvalue weighted by molar-refractivity contribution is -0.192. The van der Waals surface area contributed by atoms with Crippen LogP contribution in [-0.4, -0.2) is 55.3 Å². The number of guanidine groups is 1. The molecule has 0 atom stereocenters. The molecule has 2 rings (SSSR count). The second-order valence-corrected chi connectivity index (χ2v) is 9.17. The van der Waals surface area contributed by atoms with Gasteiger partial charge in [-0.2, -0.15) is 13.2 Å². The number of nitrogen functional groups attached to an aromatic ring is 1. The first-order valence-corrected chi connectivity index (χ1v) is 11.6. The van der Waals surface area contributed by atoms with E-state index in [2.05, 4.69) is 10.5 Å². The summed E-state index contributed by atoms with van der Waals surface area (Å²) in [6, 6.07) is 7.48. The molecule has 204 valence electrons. The van der Waals surface area contributed by atoms with Crippen LogP contribution in [0.15, 0.2) is 50.1 Å². The normalized spacial score (nSPS) is 11.1. The average Bonchev–Trinajstić information content (AvgIpc) is 2.75. The average molecular weight is 551 g/mol. The molecule has 0 fully saturated rings. The summed E-state index contributed by atoms with van der Waals surface area (Å²) < 4.78 is 58.8. The van der Waals surface area contributed by atoms with Crippen LogP contribution in [0.2, 0.25) is 0 Å². The number of sulfone groups is 1. The molecule has 0 spiro atoms. The second kappa shape index (κ2) is 12.6. The predicted octanol–water partition coefficient (Wildman–Crippen LogP) is -0.165. The Balaban J connectivity index is 0.000000856. The smallest absolute Gasteiger partial charge is 0.475 e. The highest BCUT2D eigenvalue weighted by Crippen LogP contribution is 2.24. The van der Waals surface area contributed by atoms with Crippen LogP contribution in [0.5, 0.6) is 0 Å². The highest BCUT2D eigenvalue weighted by molar-refractivity contribution is 7.91. The standard InChI is InChI=1S/C18H24N6O5S.C2HF3O2/c1-11-4-3-5-13(8-11)30(27,28)16-14(19)9-12(2)24(17(16)26)10-15(25)22-6-7-29-23-18(20)21;3-2(4,5)1(6)7/h3-5,8-9H,6-7,10,19H2,1-2H3,(H,22,25)(H4,20,21,23);(H,6,7). The largest absolute Gasteiger partial charge is 0.490 e. The number of halogens is 3. The van der Waals surface area contributed by atoms with Crippen molar-refractivity contribution in [1.29, 1.82) is 0 Å². The topological polar surface area (TPSA) is 222 Å². The van der Waals surface area contributed by atoms with Crippen molar-refractivity contribution < 1.29 is 41.1 Å². The number of nitrogens with one attached hydrogen (secondary N) is 1. The summed E-state index contributed by atoms with van der Waals surface area (Å²) in [7, 11) is -4.18. The van der Waals surface area contributed by atoms with Crippen LogP contribution < -0.4 is 28.1 Å². The van der Waals surface area contributed by atoms with Crippen molar-refractivity contribution in [3.05, 3.63) is 51.9 Å². The minimum atomic E-state index is -5.08. The Morgan fingerprint density at radius 2 is 1.78 bits per heavy atom. The van der Waals surface area contributed by atoms with E-state index in [-0.39, 0.29) is 29.7 Å². The quantitative estimate of drug-likeness (QED) is 0.126. The van der Waals surface area contributed by atoms with Crippen molar-refractivity contribution in [2.45, 2.75) is 36.4 Å². The molecule has 1 aromatic carbocycles. The van der Waals surface area contributed by atoms with Gasteiger partial charge >= 0.3 is 12.1 Å². The fourth-order valence-electron chi connectivity index (χ4n) is 2.70. The maximum Gasteiger partial charge on any atom is 0.490 e. The number of hydrogen-bond donors (Lipinski definition) is 5. The number of rotatable bonds is 8. The minimum absolute atomic E-state index is 0.00620. The van der Waals surface area contributed by atoms with Gasteiger partial charge in [-0.05, 0) is 42.8 Å². The van der Waals surface area contributed by atoms with E-state index >= 15 is 0 Å². The van der Waals surface area contributed by atoms with E-state index in [0.29, 0.717) is 11.3 Å². The zero-order chi connectivity index (χ0) is 28.6. The Morgan fingerprint density at radius 1 is 1.19 bits per heavy atom. The molecule has 0 unspecified atom stereocenters. The van der Waals surface area contributed by atoms with Crippen molar-refractivity contribution in [1.82, 2.24) is 9.88 Å². The number of aryl methyl sites for hydroxylation is 2. The first-order valence-electron chi connectivity index (χ1n) is 10.1. The van der Waals surface area contributed by atoms with E-state index in [4.69, 9.17) is 31.9 Å². The Morgan fingerprint density at radius 3 is 2.30 bits per heavy atom. The van der Waals surface area contributed by atoms with E-state index in [1.54, 1.807) is 26.0 Å². The Bertz CT molecular complexity index is 1340. The number of pyridine rings is 1. The van der Waals surface area contributed by atoms with Crippen LogP contribution in [0.3, 0.4) is 0 Å². The van der Waals surface area contributed by atoms with Crippen LogP contribution in [0.4, 0.5) is 18.9 Å². The molecular weight excluding hydrogens is 525 g/mol. The second-order valence-electron chi connectivity index (χ2n) is 7.28. The van der Waals surface area contributed by atoms with Crippen molar-refractivity contribution in [2.24, 2.45) is 16.6 Å². The summed E-state index contributed by atoms with van der Waals surface area (Å²) >= 11 is 0. The van der Waals surface area contributed by atoms with E-state index in [1.807, 2.05) is 0 Å². The zero-order valence-electron chi connectivity index (χ0n) is 19.6. The van der Waals surface area contributed by atoms with Gasteiger partial charge < -0.3 is 37.0 Å². The SMILES string of the molecule is Cc1cccc(S(=O)(=O)c2c(N)cc(C)n(CC(=O)NCCON=C(N)N)c2=O)c1.O=C(O)C(F)(F)F. The summed E-state index contributed by atoms with van der Waals surface area (Å²) in [5, 5.41) is 12.9. The van der Waals surface area contributed by atoms with Gasteiger partial charge in [0.05, 0.1) is 17.1 Å². The molecule has 0 saturated carbocycles. The van der Waals surface area contributed by atoms with Crippen molar-refractivity contribution >= 4 is 33.4 Å². The predicted molar refractivity (Wildman–Crippen MR) is 125 cm³/mol. The van der Waals surface area contributed by atoms with Gasteiger partial charge in [-0.1, -0.05) is 12.1 Å². The van der Waals surface area contributed by atoms with E-state index in [0.717, 1.165) is 4.57 Å². The molecule has 0 aliphatic carbocycles. The summed E-state index contributed by atoms with van der Waals surface area (Å²) in [4.78, 5) is 38.2. The number of oxime groups is 1. The number of amides is 1. The van der Waals surface area contributed by atoms with Crippen LogP contribution in [-0.2, 0) is 30.8 Å². The van der Waals surface area contributed by atoms with Gasteiger partial charge in [-0.25, -0.2) is 13.2 Å². The Kier molecular flexibility index (Phi) is 10.5. The number of hydrogen-bond acceptors (Lipinski definition) is 8. The van der Waals surface area contributed by atoms with E-state index in [1.165, 1.54) is 18.2 Å². The van der Waals surface area contributed by atoms with Gasteiger partial charge in [-0.15, -0.1) is 0 Å². The zero-order valence-corrected chi connectivity index (χ0v) is 20.4. The highest BCUT2D eigenvalue weighted by atomic mass is 32.2. The number of carboxylic acids is 1. The first kappa shape index (κ1) is 30.8. The maximum absolute atomic E-state index is 13.0. The summed E-state index contributed by atoms with van der Waals surface area (Å²) in [6.45, 7) is 2.97. The number of carbonyl (C=O) groups is 2. The van der Waals surface area contributed by atoms with Crippen LogP contribution in [0, 0.1) is 13.8 Å². The number of nitrogens with zero attached hydrogens (tertiary/aromatic N) is 2. The number of carboxylic acid groups (broad SMARTS) is 1. The molecule has 1 heterocycles. The number of alkyl halides is 3. The third-order valence-corrected chi connectivity index (χ3v) is 6.11. The maximum atomic E-state index is 13.0. The van der Waals surface area contributed by atoms with Gasteiger partial charge in [-0.3, -0.25) is 9.59 Å². The molecule has 1 aromatic heterocycles. The number of aliphatic carboxylic acids is 1. The van der Waals surface area contributed by atoms with Gasteiger partial charge in [0.2, 0.25) is 21.7 Å². The van der Waals surface area contributed by atoms with Crippen LogP contribution in [0.1, 0.15) is 11.3 Å². The van der Waals surface area contributed by atoms with Crippen molar-refractivity contribution in [3.8, 4) is 0 Å². The lowest BCUT2D eigenvalue weighted by Gasteiger charge is -2.15. The third-order valence-electron chi connectivity index (χ3n) is 4.29. The van der Waals surface area contributed by atoms with Crippen molar-refractivity contribution in [2.75, 3.05) is 18.9 Å². The lowest BCUT2D eigenvalue weighted by Crippen LogP contribution is -2.37. The Labute approximate surface area is 208 Å². The molecule has 0 radical (unpaired) electrons. The molecule has 0 saturated heterocycles. The van der Waals surface area contributed by atoms with Crippen molar-refractivity contribution in [3.63, 3.8) is 0 Å². The minimum Gasteiger partial charge on any atom is -0.475 e.